The van der Waals surface area contributed by atoms with Gasteiger partial charge in [-0.2, -0.15) is 0 Å². The highest BCUT2D eigenvalue weighted by molar-refractivity contribution is 5.28. The van der Waals surface area contributed by atoms with Crippen LogP contribution >= 0.6 is 0 Å². The fraction of sp³-hybridized carbons (Fsp3) is 0.600. The molecule has 4 heteroatoms. The maximum absolute atomic E-state index is 5.66. The summed E-state index contributed by atoms with van der Waals surface area (Å²) in [7, 11) is 1.94. The molecule has 0 saturated carbocycles. The molecule has 0 amide bonds. The Morgan fingerprint density at radius 3 is 3.11 bits per heavy atom. The summed E-state index contributed by atoms with van der Waals surface area (Å²) in [4.78, 5) is 0. The van der Waals surface area contributed by atoms with Crippen LogP contribution < -0.4 is 10.1 Å². The normalized spacial score (nSPS) is 18.7. The third-order valence-electron chi connectivity index (χ3n) is 3.10. The molecule has 1 N–H and O–H groups in total. The Morgan fingerprint density at radius 2 is 2.32 bits per heavy atom. The van der Waals surface area contributed by atoms with Crippen LogP contribution in [0.4, 0.5) is 0 Å². The van der Waals surface area contributed by atoms with Gasteiger partial charge < -0.3 is 19.5 Å². The maximum atomic E-state index is 5.66. The van der Waals surface area contributed by atoms with Crippen molar-refractivity contribution in [3.05, 3.63) is 29.8 Å². The Morgan fingerprint density at radius 1 is 1.37 bits per heavy atom. The van der Waals surface area contributed by atoms with E-state index in [1.54, 1.807) is 0 Å². The van der Waals surface area contributed by atoms with Crippen LogP contribution in [0.25, 0.3) is 0 Å². The SMILES string of the molecule is CNCc1cccc(OCCOCC2CCCO2)c1. The molecule has 0 bridgehead atoms. The minimum Gasteiger partial charge on any atom is -0.491 e. The van der Waals surface area contributed by atoms with E-state index in [2.05, 4.69) is 17.4 Å². The zero-order chi connectivity index (χ0) is 13.3. The predicted octanol–water partition coefficient (Wildman–Crippen LogP) is 1.98. The van der Waals surface area contributed by atoms with E-state index < -0.39 is 0 Å². The zero-order valence-electron chi connectivity index (χ0n) is 11.6. The van der Waals surface area contributed by atoms with E-state index in [4.69, 9.17) is 14.2 Å². The van der Waals surface area contributed by atoms with Crippen molar-refractivity contribution in [2.75, 3.05) is 33.5 Å². The molecule has 0 aliphatic carbocycles. The van der Waals surface area contributed by atoms with Gasteiger partial charge in [-0.3, -0.25) is 0 Å². The van der Waals surface area contributed by atoms with E-state index in [1.807, 2.05) is 19.2 Å². The van der Waals surface area contributed by atoms with Crippen molar-refractivity contribution in [3.63, 3.8) is 0 Å². The predicted molar refractivity (Wildman–Crippen MR) is 74.5 cm³/mol. The van der Waals surface area contributed by atoms with E-state index in [1.165, 1.54) is 5.56 Å². The van der Waals surface area contributed by atoms with Gasteiger partial charge in [0, 0.05) is 13.2 Å². The molecule has 1 aliphatic rings. The van der Waals surface area contributed by atoms with Gasteiger partial charge in [0.05, 0.1) is 19.3 Å². The molecule has 19 heavy (non-hydrogen) atoms. The van der Waals surface area contributed by atoms with Gasteiger partial charge in [0.15, 0.2) is 0 Å². The largest absolute Gasteiger partial charge is 0.491 e. The molecule has 1 atom stereocenters. The van der Waals surface area contributed by atoms with Crippen molar-refractivity contribution in [2.24, 2.45) is 0 Å². The molecule has 1 saturated heterocycles. The Hall–Kier alpha value is -1.10. The summed E-state index contributed by atoms with van der Waals surface area (Å²) < 4.78 is 16.7. The molecule has 0 radical (unpaired) electrons. The van der Waals surface area contributed by atoms with Crippen molar-refractivity contribution < 1.29 is 14.2 Å². The fourth-order valence-electron chi connectivity index (χ4n) is 2.16. The first-order chi connectivity index (χ1) is 9.38. The molecule has 1 fully saturated rings. The molecule has 106 valence electrons. The first kappa shape index (κ1) is 14.3. The van der Waals surface area contributed by atoms with Gasteiger partial charge in [-0.15, -0.1) is 0 Å². The summed E-state index contributed by atoms with van der Waals surface area (Å²) >= 11 is 0. The Kier molecular flexibility index (Phi) is 6.14. The third-order valence-corrected chi connectivity index (χ3v) is 3.10. The van der Waals surface area contributed by atoms with Crippen molar-refractivity contribution in [2.45, 2.75) is 25.5 Å². The van der Waals surface area contributed by atoms with Gasteiger partial charge in [0.2, 0.25) is 0 Å². The molecule has 1 aromatic rings. The zero-order valence-corrected chi connectivity index (χ0v) is 11.6. The van der Waals surface area contributed by atoms with Crippen LogP contribution in [0.5, 0.6) is 5.75 Å². The Labute approximate surface area is 115 Å². The first-order valence-electron chi connectivity index (χ1n) is 6.94. The number of hydrogen-bond donors (Lipinski definition) is 1. The van der Waals surface area contributed by atoms with Crippen molar-refractivity contribution in [3.8, 4) is 5.75 Å². The maximum Gasteiger partial charge on any atom is 0.119 e. The Balaban J connectivity index is 1.60. The molecule has 0 spiro atoms. The topological polar surface area (TPSA) is 39.7 Å². The number of ether oxygens (including phenoxy) is 3. The minimum atomic E-state index is 0.291. The average molecular weight is 265 g/mol. The fourth-order valence-corrected chi connectivity index (χ4v) is 2.16. The summed E-state index contributed by atoms with van der Waals surface area (Å²) in [6.07, 6.45) is 2.56. The quantitative estimate of drug-likeness (QED) is 0.730. The van der Waals surface area contributed by atoms with Crippen LogP contribution in [0.15, 0.2) is 24.3 Å². The number of hydrogen-bond acceptors (Lipinski definition) is 4. The second-order valence-electron chi connectivity index (χ2n) is 4.74. The number of benzene rings is 1. The van der Waals surface area contributed by atoms with E-state index in [-0.39, 0.29) is 0 Å². The lowest BCUT2D eigenvalue weighted by molar-refractivity contribution is 0.00852. The van der Waals surface area contributed by atoms with Crippen molar-refractivity contribution >= 4 is 0 Å². The standard InChI is InChI=1S/C15H23NO3/c1-16-11-13-4-2-5-14(10-13)19-9-8-17-12-15-6-3-7-18-15/h2,4-5,10,15-16H,3,6-9,11-12H2,1H3. The van der Waals surface area contributed by atoms with Gasteiger partial charge >= 0.3 is 0 Å². The molecular formula is C15H23NO3. The van der Waals surface area contributed by atoms with E-state index in [0.717, 1.165) is 31.7 Å². The van der Waals surface area contributed by atoms with Crippen molar-refractivity contribution in [1.82, 2.24) is 5.32 Å². The smallest absolute Gasteiger partial charge is 0.119 e. The van der Waals surface area contributed by atoms with E-state index in [0.29, 0.717) is 25.9 Å². The summed E-state index contributed by atoms with van der Waals surface area (Å²) in [6, 6.07) is 8.11. The molecule has 1 aromatic carbocycles. The minimum absolute atomic E-state index is 0.291. The molecule has 4 nitrogen and oxygen atoms in total. The van der Waals surface area contributed by atoms with Crippen LogP contribution in [-0.4, -0.2) is 39.6 Å². The van der Waals surface area contributed by atoms with Crippen LogP contribution in [-0.2, 0) is 16.0 Å². The van der Waals surface area contributed by atoms with Crippen LogP contribution in [0.3, 0.4) is 0 Å². The highest BCUT2D eigenvalue weighted by atomic mass is 16.5. The van der Waals surface area contributed by atoms with Gasteiger partial charge in [0.1, 0.15) is 12.4 Å². The Bertz CT molecular complexity index is 364. The highest BCUT2D eigenvalue weighted by Crippen LogP contribution is 2.14. The van der Waals surface area contributed by atoms with E-state index >= 15 is 0 Å². The lowest BCUT2D eigenvalue weighted by Gasteiger charge is -2.11. The van der Waals surface area contributed by atoms with Crippen molar-refractivity contribution in [1.29, 1.82) is 0 Å². The lowest BCUT2D eigenvalue weighted by Crippen LogP contribution is -2.17. The second kappa shape index (κ2) is 8.15. The molecular weight excluding hydrogens is 242 g/mol. The molecule has 1 heterocycles. The first-order valence-corrected chi connectivity index (χ1v) is 6.94. The van der Waals surface area contributed by atoms with Gasteiger partial charge in [0.25, 0.3) is 0 Å². The highest BCUT2D eigenvalue weighted by Gasteiger charge is 2.14. The molecule has 2 rings (SSSR count). The van der Waals surface area contributed by atoms with Gasteiger partial charge in [-0.25, -0.2) is 0 Å². The average Bonchev–Trinajstić information content (AvgIpc) is 2.92. The lowest BCUT2D eigenvalue weighted by atomic mass is 10.2. The summed E-state index contributed by atoms with van der Waals surface area (Å²) in [5, 5.41) is 3.12. The van der Waals surface area contributed by atoms with Crippen LogP contribution in [0.1, 0.15) is 18.4 Å². The third kappa shape index (κ3) is 5.19. The van der Waals surface area contributed by atoms with Gasteiger partial charge in [-0.1, -0.05) is 12.1 Å². The van der Waals surface area contributed by atoms with Crippen LogP contribution in [0, 0.1) is 0 Å². The monoisotopic (exact) mass is 265 g/mol. The number of rotatable bonds is 8. The van der Waals surface area contributed by atoms with Gasteiger partial charge in [-0.05, 0) is 37.6 Å². The molecule has 1 unspecified atom stereocenters. The molecule has 0 aromatic heterocycles. The summed E-state index contributed by atoms with van der Waals surface area (Å²) in [5.41, 5.74) is 1.22. The second-order valence-corrected chi connectivity index (χ2v) is 4.74. The summed E-state index contributed by atoms with van der Waals surface area (Å²) in [6.45, 7) is 3.60. The summed E-state index contributed by atoms with van der Waals surface area (Å²) in [5.74, 6) is 0.897. The number of nitrogens with one attached hydrogen (secondary N) is 1. The molecule has 1 aliphatic heterocycles. The van der Waals surface area contributed by atoms with Crippen LogP contribution in [0.2, 0.25) is 0 Å². The van der Waals surface area contributed by atoms with E-state index in [9.17, 15) is 0 Å².